The van der Waals surface area contributed by atoms with Crippen molar-refractivity contribution >= 4 is 5.52 Å². The summed E-state index contributed by atoms with van der Waals surface area (Å²) in [5.41, 5.74) is 0.669. The highest BCUT2D eigenvalue weighted by Gasteiger charge is 2.17. The third-order valence-corrected chi connectivity index (χ3v) is 4.34. The van der Waals surface area contributed by atoms with E-state index in [0.29, 0.717) is 18.1 Å². The van der Waals surface area contributed by atoms with Gasteiger partial charge in [0.2, 0.25) is 0 Å². The van der Waals surface area contributed by atoms with E-state index in [9.17, 15) is 4.79 Å². The molecule has 1 N–H and O–H groups in total. The van der Waals surface area contributed by atoms with E-state index >= 15 is 0 Å². The van der Waals surface area contributed by atoms with E-state index in [2.05, 4.69) is 17.3 Å². The predicted octanol–water partition coefficient (Wildman–Crippen LogP) is 1.66. The third-order valence-electron chi connectivity index (χ3n) is 4.34. The molecule has 2 aromatic rings. The van der Waals surface area contributed by atoms with Crippen molar-refractivity contribution in [1.82, 2.24) is 19.5 Å². The number of rotatable bonds is 4. The predicted molar refractivity (Wildman–Crippen MR) is 78.9 cm³/mol. The van der Waals surface area contributed by atoms with E-state index in [1.165, 1.54) is 25.7 Å². The van der Waals surface area contributed by atoms with Gasteiger partial charge in [-0.25, -0.2) is 4.52 Å². The zero-order valence-corrected chi connectivity index (χ0v) is 12.0. The lowest BCUT2D eigenvalue weighted by atomic mass is 9.87. The van der Waals surface area contributed by atoms with Crippen LogP contribution < -0.4 is 10.9 Å². The van der Waals surface area contributed by atoms with E-state index in [-0.39, 0.29) is 5.56 Å². The molecule has 3 rings (SSSR count). The Kier molecular flexibility index (Phi) is 3.87. The number of nitrogens with one attached hydrogen (secondary N) is 1. The van der Waals surface area contributed by atoms with E-state index in [1.807, 2.05) is 12.4 Å². The average Bonchev–Trinajstić information content (AvgIpc) is 2.93. The zero-order valence-electron chi connectivity index (χ0n) is 12.0. The van der Waals surface area contributed by atoms with E-state index in [1.54, 1.807) is 21.3 Å². The molecular formula is C15H22N4O. The Morgan fingerprint density at radius 1 is 1.30 bits per heavy atom. The molecular weight excluding hydrogens is 252 g/mol. The van der Waals surface area contributed by atoms with Gasteiger partial charge < -0.3 is 9.88 Å². The third kappa shape index (κ3) is 2.77. The molecule has 5 heteroatoms. The molecule has 2 heterocycles. The highest BCUT2D eigenvalue weighted by Crippen LogP contribution is 2.23. The van der Waals surface area contributed by atoms with Crippen LogP contribution in [-0.4, -0.2) is 26.8 Å². The van der Waals surface area contributed by atoms with Crippen LogP contribution in [0.25, 0.3) is 5.52 Å². The maximum absolute atomic E-state index is 12.2. The summed E-state index contributed by atoms with van der Waals surface area (Å²) in [4.78, 5) is 12.2. The number of hydrogen-bond donors (Lipinski definition) is 1. The fourth-order valence-corrected chi connectivity index (χ4v) is 2.99. The molecule has 1 aliphatic carbocycles. The summed E-state index contributed by atoms with van der Waals surface area (Å²) in [6.07, 6.45) is 10.5. The van der Waals surface area contributed by atoms with Gasteiger partial charge in [-0.1, -0.05) is 6.92 Å². The first-order valence-electron chi connectivity index (χ1n) is 7.50. The normalized spacial score (nSPS) is 23.2. The summed E-state index contributed by atoms with van der Waals surface area (Å²) in [5, 5.41) is 7.65. The molecule has 2 aromatic heterocycles. The van der Waals surface area contributed by atoms with Gasteiger partial charge in [-0.3, -0.25) is 4.79 Å². The number of aromatic nitrogens is 3. The molecule has 0 bridgehead atoms. The Bertz CT molecular complexity index is 622. The van der Waals surface area contributed by atoms with Gasteiger partial charge in [0, 0.05) is 31.5 Å². The minimum Gasteiger partial charge on any atom is -0.312 e. The van der Waals surface area contributed by atoms with Crippen LogP contribution in [0.3, 0.4) is 0 Å². The lowest BCUT2D eigenvalue weighted by molar-refractivity contribution is 0.305. The molecule has 1 fully saturated rings. The van der Waals surface area contributed by atoms with Crippen LogP contribution in [0, 0.1) is 5.92 Å². The van der Waals surface area contributed by atoms with Crippen molar-refractivity contribution in [2.24, 2.45) is 5.92 Å². The second kappa shape index (κ2) is 5.79. The highest BCUT2D eigenvalue weighted by atomic mass is 16.1. The molecule has 0 atom stereocenters. The Labute approximate surface area is 118 Å². The first-order chi connectivity index (χ1) is 9.74. The van der Waals surface area contributed by atoms with Gasteiger partial charge in [0.15, 0.2) is 0 Å². The Morgan fingerprint density at radius 2 is 2.10 bits per heavy atom. The summed E-state index contributed by atoms with van der Waals surface area (Å²) in [7, 11) is 0. The maximum Gasteiger partial charge on any atom is 0.276 e. The summed E-state index contributed by atoms with van der Waals surface area (Å²) in [6.45, 7) is 3.90. The van der Waals surface area contributed by atoms with Gasteiger partial charge in [0.25, 0.3) is 5.56 Å². The molecule has 5 nitrogen and oxygen atoms in total. The molecule has 0 aromatic carbocycles. The van der Waals surface area contributed by atoms with Gasteiger partial charge in [-0.2, -0.15) is 5.10 Å². The minimum absolute atomic E-state index is 0.0315. The molecule has 20 heavy (non-hydrogen) atoms. The van der Waals surface area contributed by atoms with Gasteiger partial charge in [-0.05, 0) is 37.7 Å². The summed E-state index contributed by atoms with van der Waals surface area (Å²) < 4.78 is 3.38. The van der Waals surface area contributed by atoms with E-state index in [4.69, 9.17) is 0 Å². The quantitative estimate of drug-likeness (QED) is 0.922. The molecule has 0 saturated heterocycles. The second-order valence-electron chi connectivity index (χ2n) is 5.87. The fraction of sp³-hybridized carbons (Fsp3) is 0.600. The standard InChI is InChI=1S/C15H22N4O/c1-12-2-4-13(5-3-12)16-8-9-18-10-11-19-14(15(18)20)6-7-17-19/h6-7,10-13,16H,2-5,8-9H2,1H3. The maximum atomic E-state index is 12.2. The SMILES string of the molecule is CC1CCC(NCCn2ccn3nccc3c2=O)CC1. The molecule has 1 aliphatic rings. The molecule has 108 valence electrons. The lowest BCUT2D eigenvalue weighted by Crippen LogP contribution is -2.36. The van der Waals surface area contributed by atoms with Crippen molar-refractivity contribution in [3.63, 3.8) is 0 Å². The van der Waals surface area contributed by atoms with Crippen LogP contribution in [0.4, 0.5) is 0 Å². The van der Waals surface area contributed by atoms with Crippen LogP contribution in [0.5, 0.6) is 0 Å². The van der Waals surface area contributed by atoms with Gasteiger partial charge in [0.1, 0.15) is 5.52 Å². The van der Waals surface area contributed by atoms with Crippen molar-refractivity contribution in [3.8, 4) is 0 Å². The smallest absolute Gasteiger partial charge is 0.276 e. The van der Waals surface area contributed by atoms with E-state index in [0.717, 1.165) is 12.5 Å². The average molecular weight is 274 g/mol. The first-order valence-corrected chi connectivity index (χ1v) is 7.50. The van der Waals surface area contributed by atoms with Crippen molar-refractivity contribution in [1.29, 1.82) is 0 Å². The number of nitrogens with zero attached hydrogens (tertiary/aromatic N) is 3. The topological polar surface area (TPSA) is 51.3 Å². The van der Waals surface area contributed by atoms with Crippen LogP contribution in [0.15, 0.2) is 29.5 Å². The van der Waals surface area contributed by atoms with Crippen LogP contribution >= 0.6 is 0 Å². The zero-order chi connectivity index (χ0) is 13.9. The Balaban J connectivity index is 1.57. The molecule has 0 amide bonds. The van der Waals surface area contributed by atoms with Crippen LogP contribution in [0.2, 0.25) is 0 Å². The van der Waals surface area contributed by atoms with Crippen molar-refractivity contribution in [2.75, 3.05) is 6.54 Å². The van der Waals surface area contributed by atoms with Crippen LogP contribution in [0.1, 0.15) is 32.6 Å². The summed E-state index contributed by atoms with van der Waals surface area (Å²) >= 11 is 0. The van der Waals surface area contributed by atoms with Crippen LogP contribution in [-0.2, 0) is 6.54 Å². The van der Waals surface area contributed by atoms with Gasteiger partial charge in [0.05, 0.1) is 6.20 Å². The Morgan fingerprint density at radius 3 is 2.90 bits per heavy atom. The molecule has 0 radical (unpaired) electrons. The molecule has 0 unspecified atom stereocenters. The summed E-state index contributed by atoms with van der Waals surface area (Å²) in [5.74, 6) is 0.875. The largest absolute Gasteiger partial charge is 0.312 e. The fourth-order valence-electron chi connectivity index (χ4n) is 2.99. The second-order valence-corrected chi connectivity index (χ2v) is 5.87. The van der Waals surface area contributed by atoms with Crippen molar-refractivity contribution < 1.29 is 0 Å². The minimum atomic E-state index is 0.0315. The number of fused-ring (bicyclic) bond motifs is 1. The highest BCUT2D eigenvalue weighted by molar-refractivity contribution is 5.42. The van der Waals surface area contributed by atoms with Gasteiger partial charge in [-0.15, -0.1) is 0 Å². The lowest BCUT2D eigenvalue weighted by Gasteiger charge is -2.27. The van der Waals surface area contributed by atoms with Gasteiger partial charge >= 0.3 is 0 Å². The van der Waals surface area contributed by atoms with E-state index < -0.39 is 0 Å². The first kappa shape index (κ1) is 13.4. The van der Waals surface area contributed by atoms with Crippen molar-refractivity contribution in [2.45, 2.75) is 45.2 Å². The monoisotopic (exact) mass is 274 g/mol. The summed E-state index contributed by atoms with van der Waals surface area (Å²) in [6, 6.07) is 2.38. The molecule has 1 saturated carbocycles. The van der Waals surface area contributed by atoms with Crippen molar-refractivity contribution in [3.05, 3.63) is 35.0 Å². The molecule has 0 aliphatic heterocycles. The Hall–Kier alpha value is -1.62. The molecule has 0 spiro atoms. The number of hydrogen-bond acceptors (Lipinski definition) is 3.